The van der Waals surface area contributed by atoms with Crippen molar-refractivity contribution in [2.75, 3.05) is 33.5 Å². The van der Waals surface area contributed by atoms with E-state index < -0.39 is 5.97 Å². The number of amides is 1. The monoisotopic (exact) mass is 1060 g/mol. The van der Waals surface area contributed by atoms with Gasteiger partial charge in [0.25, 0.3) is 5.91 Å². The molecule has 13 heteroatoms. The summed E-state index contributed by atoms with van der Waals surface area (Å²) in [6, 6.07) is 6.15. The van der Waals surface area contributed by atoms with Crippen LogP contribution in [0.4, 0.5) is 0 Å². The minimum Gasteiger partial charge on any atom is -0.664 e. The van der Waals surface area contributed by atoms with E-state index in [9.17, 15) is 14.4 Å². The van der Waals surface area contributed by atoms with Crippen molar-refractivity contribution in [3.63, 3.8) is 0 Å². The predicted octanol–water partition coefficient (Wildman–Crippen LogP) is 12.3. The van der Waals surface area contributed by atoms with Crippen LogP contribution < -0.4 is 25.3 Å². The van der Waals surface area contributed by atoms with Gasteiger partial charge in [-0.1, -0.05) is 116 Å². The molecule has 0 aromatic carbocycles. The average molecular weight is 1060 g/mol. The zero-order valence-electron chi connectivity index (χ0n) is 49.0. The summed E-state index contributed by atoms with van der Waals surface area (Å²) in [7, 11) is 1.36. The van der Waals surface area contributed by atoms with Gasteiger partial charge < -0.3 is 34.2 Å². The molecule has 1 amide bonds. The average Bonchev–Trinajstić information content (AvgIpc) is 4.06. The summed E-state index contributed by atoms with van der Waals surface area (Å²) in [5.74, 6) is 0.725. The van der Waals surface area contributed by atoms with Crippen LogP contribution in [0.3, 0.4) is 0 Å². The van der Waals surface area contributed by atoms with E-state index in [1.165, 1.54) is 57.6 Å². The Morgan fingerprint density at radius 1 is 0.776 bits per heavy atom. The molecule has 412 valence electrons. The number of allylic oxidation sites excluding steroid dienone is 5. The van der Waals surface area contributed by atoms with E-state index in [1.54, 1.807) is 0 Å². The van der Waals surface area contributed by atoms with Gasteiger partial charge in [-0.2, -0.15) is 0 Å². The predicted molar refractivity (Wildman–Crippen MR) is 308 cm³/mol. The number of rotatable bonds is 30. The van der Waals surface area contributed by atoms with Crippen LogP contribution in [0.25, 0.3) is 33.3 Å². The second-order valence-corrected chi connectivity index (χ2v) is 21.8. The number of carbonyl (C=O) groups is 3. The summed E-state index contributed by atoms with van der Waals surface area (Å²) in [6.45, 7) is 31.5. The molecule has 0 radical (unpaired) electrons. The number of ether oxygens (including phenoxy) is 4. The molecule has 8 bridgehead atoms. The SMILES string of the molecule is C=CC1=C(C)c2cc3[n-]c(c(CC(=O)OC)c4[nH+]c(cc5[n-]c(cc1[nH+]2)c(C)c5CC)C(C)=C4C(=O)NCCCC(OCC)OCC)C(CCC(=O)OCC=C(C)CCCC(C)CCCC(C)CCCC(C)C)C3C.[Mg+2]. The van der Waals surface area contributed by atoms with Crippen LogP contribution >= 0.6 is 0 Å². The van der Waals surface area contributed by atoms with Gasteiger partial charge in [0, 0.05) is 49.3 Å². The number of H-pyrrole nitrogens is 2. The second kappa shape index (κ2) is 31.7. The van der Waals surface area contributed by atoms with Crippen molar-refractivity contribution in [3.8, 4) is 0 Å². The normalized spacial score (nSPS) is 16.0. The van der Waals surface area contributed by atoms with Gasteiger partial charge in [0.05, 0.1) is 19.1 Å². The number of fused-ring (bicyclic) bond motifs is 8. The molecule has 2 aromatic heterocycles. The number of aromatic amines is 2. The molecule has 0 fully saturated rings. The smallest absolute Gasteiger partial charge is 0.664 e. The number of aryl methyl sites for hydroxylation is 2. The number of hydrogen-bond acceptors (Lipinski definition) is 7. The fourth-order valence-corrected chi connectivity index (χ4v) is 10.9. The van der Waals surface area contributed by atoms with E-state index in [0.717, 1.165) is 81.5 Å². The molecule has 4 unspecified atom stereocenters. The first-order chi connectivity index (χ1) is 35.9. The van der Waals surface area contributed by atoms with E-state index in [4.69, 9.17) is 28.9 Å². The van der Waals surface area contributed by atoms with Crippen LogP contribution in [0.5, 0.6) is 0 Å². The van der Waals surface area contributed by atoms with Crippen molar-refractivity contribution in [2.45, 2.75) is 198 Å². The largest absolute Gasteiger partial charge is 2.00 e. The molecule has 0 aliphatic carbocycles. The molecular weight excluding hydrogens is 963 g/mol. The Morgan fingerprint density at radius 3 is 2.05 bits per heavy atom. The molecule has 3 aliphatic heterocycles. The topological polar surface area (TPSA) is 157 Å². The fraction of sp³-hybridized carbons (Fsp3) is 0.603. The summed E-state index contributed by atoms with van der Waals surface area (Å²) < 4.78 is 22.8. The standard InChI is InChI=1S/C63H92N5O7.Mg/c1-15-47-43(10)51-36-53-45(12)49(30-31-57(69)75-34-32-42(9)28-21-27-41(8)26-20-25-40(7)24-19-23-39(5)6)61(67-53)50(35-58(70)72-14)62-60(63(71)64-33-22-29-59(73-17-3)74-18-4)46(13)54(68-62)38-56-48(16-2)44(11)52(66-56)37-55(47)65-51;/h15,32,36-41,45,49,59H,1,16-31,33-35H2,2-14H3,(H2-,64,65,66,67,68,71);/q-1;+2/p+1. The quantitative estimate of drug-likeness (QED) is 0.0264. The Kier molecular flexibility index (Phi) is 26.7. The third-order valence-corrected chi connectivity index (χ3v) is 15.6. The number of hydrogen-bond donors (Lipinski definition) is 1. The fourth-order valence-electron chi connectivity index (χ4n) is 10.9. The van der Waals surface area contributed by atoms with Gasteiger partial charge in [0.1, 0.15) is 12.2 Å². The zero-order valence-corrected chi connectivity index (χ0v) is 50.4. The maximum Gasteiger partial charge on any atom is 2.00 e. The Labute approximate surface area is 472 Å². The van der Waals surface area contributed by atoms with Crippen molar-refractivity contribution >= 4 is 74.2 Å². The number of esters is 2. The number of nitrogens with one attached hydrogen (secondary N) is 3. The van der Waals surface area contributed by atoms with Crippen LogP contribution in [-0.4, -0.2) is 80.7 Å². The van der Waals surface area contributed by atoms with E-state index in [1.807, 2.05) is 39.0 Å². The number of methoxy groups -OCH3 is 1. The molecule has 0 saturated carbocycles. The van der Waals surface area contributed by atoms with Crippen molar-refractivity contribution in [2.24, 2.45) is 17.8 Å². The maximum atomic E-state index is 14.7. The summed E-state index contributed by atoms with van der Waals surface area (Å²) >= 11 is 0. The Balaban J connectivity index is 0.0000125. The number of nitrogens with zero attached hydrogens (tertiary/aromatic N) is 2. The molecular formula is C63H93MgN5O7+2. The molecule has 0 spiro atoms. The minimum atomic E-state index is -0.483. The van der Waals surface area contributed by atoms with Crippen LogP contribution in [0.2, 0.25) is 0 Å². The molecule has 76 heavy (non-hydrogen) atoms. The number of aromatic nitrogens is 4. The van der Waals surface area contributed by atoms with Crippen molar-refractivity contribution < 1.29 is 43.3 Å². The second-order valence-electron chi connectivity index (χ2n) is 21.8. The van der Waals surface area contributed by atoms with Crippen molar-refractivity contribution in [1.29, 1.82) is 0 Å². The van der Waals surface area contributed by atoms with Gasteiger partial charge in [-0.15, -0.1) is 22.4 Å². The molecule has 3 aliphatic rings. The van der Waals surface area contributed by atoms with Crippen LogP contribution in [0, 0.1) is 24.7 Å². The van der Waals surface area contributed by atoms with Crippen LogP contribution in [-0.2, 0) is 46.2 Å². The van der Waals surface area contributed by atoms with Gasteiger partial charge in [0.15, 0.2) is 6.29 Å². The molecule has 3 N–H and O–H groups in total. The maximum absolute atomic E-state index is 14.7. The van der Waals surface area contributed by atoms with Gasteiger partial charge in [0.2, 0.25) is 22.8 Å². The summed E-state index contributed by atoms with van der Waals surface area (Å²) in [5.41, 5.74) is 13.0. The molecule has 4 atom stereocenters. The van der Waals surface area contributed by atoms with Crippen LogP contribution in [0.1, 0.15) is 222 Å². The van der Waals surface area contributed by atoms with E-state index in [2.05, 4.69) is 96.3 Å². The molecule has 5 heterocycles. The molecule has 0 saturated heterocycles. The van der Waals surface area contributed by atoms with Crippen molar-refractivity contribution in [1.82, 2.24) is 15.3 Å². The molecule has 2 aromatic rings. The Morgan fingerprint density at radius 2 is 1.42 bits per heavy atom. The molecule has 12 nitrogen and oxygen atoms in total. The zero-order chi connectivity index (χ0) is 54.8. The van der Waals surface area contributed by atoms with E-state index in [-0.39, 0.29) is 72.5 Å². The van der Waals surface area contributed by atoms with E-state index >= 15 is 0 Å². The van der Waals surface area contributed by atoms with Crippen molar-refractivity contribution in [3.05, 3.63) is 93.4 Å². The first kappa shape index (κ1) is 64.0. The summed E-state index contributed by atoms with van der Waals surface area (Å²) in [4.78, 5) is 59.9. The van der Waals surface area contributed by atoms with Gasteiger partial charge in [-0.3, -0.25) is 14.4 Å². The van der Waals surface area contributed by atoms with E-state index in [0.29, 0.717) is 78.7 Å². The Hall–Kier alpha value is -4.56. The van der Waals surface area contributed by atoms with Crippen LogP contribution in [0.15, 0.2) is 42.5 Å². The Bertz CT molecular complexity index is 2600. The first-order valence-corrected chi connectivity index (χ1v) is 28.4. The third kappa shape index (κ3) is 17.7. The number of carbonyl (C=O) groups excluding carboxylic acids is 3. The van der Waals surface area contributed by atoms with Gasteiger partial charge in [-0.05, 0) is 128 Å². The summed E-state index contributed by atoms with van der Waals surface area (Å²) in [6.07, 6.45) is 17.1. The van der Waals surface area contributed by atoms with Gasteiger partial charge >= 0.3 is 35.0 Å². The summed E-state index contributed by atoms with van der Waals surface area (Å²) in [5, 5.41) is 3.17. The minimum absolute atomic E-state index is 0. The molecule has 5 rings (SSSR count). The van der Waals surface area contributed by atoms with Gasteiger partial charge in [-0.25, -0.2) is 9.97 Å². The third-order valence-electron chi connectivity index (χ3n) is 15.6. The first-order valence-electron chi connectivity index (χ1n) is 28.4.